The fourth-order valence-electron chi connectivity index (χ4n) is 9.85. The van der Waals surface area contributed by atoms with E-state index in [1.54, 1.807) is 17.8 Å². The van der Waals surface area contributed by atoms with Crippen LogP contribution in [-0.4, -0.2) is 343 Å². The number of allylic oxidation sites excluding steroid dienone is 1. The Balaban J connectivity index is 1.14. The molecule has 2 aliphatic heterocycles. The Morgan fingerprint density at radius 1 is 0.604 bits per heavy atom. The lowest BCUT2D eigenvalue weighted by molar-refractivity contribution is -0.147. The Hall–Kier alpha value is -8.21. The molecule has 0 radical (unpaired) electrons. The normalized spacial score (nSPS) is 18.2. The van der Waals surface area contributed by atoms with E-state index in [1.807, 2.05) is 4.90 Å². The second-order valence-corrected chi connectivity index (χ2v) is 23.7. The van der Waals surface area contributed by atoms with E-state index >= 15 is 0 Å². The zero-order valence-corrected chi connectivity index (χ0v) is 59.9. The standard InChI is InChI=1S/C64H102F3N13O26/c1-40-47(73-61(68)69)34-51(41(2)83)102-55(40)57(49(85)37-81)105-63(90)77(4)7-14-93-16-9-79(10-17-94-15-8-78(5)64(91)106-58(50(86)38-82)59-54(72-42(3)84)48(74-62(70)71)35-52(103-59)60(88)89)11-18-95-21-24-98-28-29-100-30-31-101-39-44-36-80(76-75-44)12-19-96-22-25-99-27-26-97-23-20-92-13-6-53(87)104-56-45(66)32-43(65)33-46(56)67/h32-36,40,47-50,54-55,57-59,81-82,85-86H,6-31,37-39H2,1-5H3,(H,72,84)(H,88,89)(H4,68,69,73)(H4,70,71,74)/t40-,47+,48+,49-,50-,54-,55-,57-,58-,59-/m1/s1. The average molecular weight is 1530 g/mol. The molecule has 0 unspecified atom stereocenters. The van der Waals surface area contributed by atoms with Gasteiger partial charge in [-0.05, 0) is 12.2 Å². The van der Waals surface area contributed by atoms with Crippen LogP contribution >= 0.6 is 0 Å². The number of carbonyl (C=O) groups excluding carboxylic acids is 5. The van der Waals surface area contributed by atoms with Crippen molar-refractivity contribution in [1.82, 2.24) is 45.6 Å². The molecule has 0 bridgehead atoms. The van der Waals surface area contributed by atoms with E-state index in [2.05, 4.69) is 31.0 Å². The second kappa shape index (κ2) is 50.4. The molecule has 14 N–H and O–H groups in total. The van der Waals surface area contributed by atoms with Crippen molar-refractivity contribution in [2.45, 2.75) is 95.1 Å². The number of aliphatic hydroxyl groups is 4. The number of aliphatic carboxylic acids is 1. The van der Waals surface area contributed by atoms with Crippen molar-refractivity contribution in [2.75, 3.05) is 186 Å². The van der Waals surface area contributed by atoms with Gasteiger partial charge in [0.1, 0.15) is 29.8 Å². The smallest absolute Gasteiger partial charge is 0.410 e. The van der Waals surface area contributed by atoms with Crippen LogP contribution in [-0.2, 0) is 98.6 Å². The predicted molar refractivity (Wildman–Crippen MR) is 361 cm³/mol. The number of nitrogens with zero attached hydrogens (tertiary/aromatic N) is 6. The SMILES string of the molecule is CC(=O)N[C@H]1[C@H]([C@H](OC(=O)N(C)CCOCCN(CCOCCOCCOCCOCc2cn(CCOCCOCCOCCOCCC(=O)Oc3c(F)cc(F)cc3F)nn2)CCOCCN(C)C(=O)O[C@@H]([C@@H]2OC(C(C)=O)=C[C@H](NC(=N)N)[C@H]2C)[C@H](O)CO)[C@H](O)CO)OC(C(=O)O)=C[C@@H]1NC(=N)N. The van der Waals surface area contributed by atoms with Gasteiger partial charge in [0, 0.05) is 78.7 Å². The highest BCUT2D eigenvalue weighted by Crippen LogP contribution is 2.30. The third-order valence-corrected chi connectivity index (χ3v) is 15.4. The Morgan fingerprint density at radius 2 is 1.03 bits per heavy atom. The number of guanidine groups is 2. The number of esters is 1. The van der Waals surface area contributed by atoms with Crippen LogP contribution in [0.3, 0.4) is 0 Å². The van der Waals surface area contributed by atoms with Crippen molar-refractivity contribution in [1.29, 1.82) is 10.8 Å². The van der Waals surface area contributed by atoms with Gasteiger partial charge in [-0.2, -0.15) is 0 Å². The van der Waals surface area contributed by atoms with Gasteiger partial charge in [-0.1, -0.05) is 12.1 Å². The summed E-state index contributed by atoms with van der Waals surface area (Å²) in [6.45, 7) is 8.04. The number of hydrogen-bond donors (Lipinski definition) is 12. The number of nitrogens with one attached hydrogen (secondary N) is 5. The first-order chi connectivity index (χ1) is 50.7. The lowest BCUT2D eigenvalue weighted by Crippen LogP contribution is -2.65. The van der Waals surface area contributed by atoms with Gasteiger partial charge in [-0.3, -0.25) is 30.1 Å². The highest BCUT2D eigenvalue weighted by Gasteiger charge is 2.47. The molecular formula is C64H102F3N13O26. The molecule has 2 aliphatic rings. The van der Waals surface area contributed by atoms with Gasteiger partial charge in [-0.15, -0.1) is 5.10 Å². The monoisotopic (exact) mass is 1530 g/mol. The van der Waals surface area contributed by atoms with E-state index in [0.717, 1.165) is 17.9 Å². The minimum absolute atomic E-state index is 0.0166. The minimum Gasteiger partial charge on any atom is -0.483 e. The zero-order chi connectivity index (χ0) is 77.9. The van der Waals surface area contributed by atoms with Crippen LogP contribution in [0.2, 0.25) is 0 Å². The number of carbonyl (C=O) groups is 6. The van der Waals surface area contributed by atoms with E-state index in [1.165, 1.54) is 32.0 Å². The maximum Gasteiger partial charge on any atom is 0.410 e. The van der Waals surface area contributed by atoms with Crippen molar-refractivity contribution in [2.24, 2.45) is 17.4 Å². The highest BCUT2D eigenvalue weighted by atomic mass is 19.1. The number of aliphatic hydroxyl groups excluding tert-OH is 4. The maximum atomic E-state index is 13.6. The van der Waals surface area contributed by atoms with Gasteiger partial charge in [0.05, 0.1) is 183 Å². The maximum absolute atomic E-state index is 13.6. The number of Topliss-reactive ketones (excluding diaryl/α,β-unsaturated/α-hetero) is 1. The number of aromatic nitrogens is 3. The van der Waals surface area contributed by atoms with Crippen molar-refractivity contribution in [3.05, 3.63) is 65.1 Å². The lowest BCUT2D eigenvalue weighted by Gasteiger charge is -2.41. The fraction of sp³-hybridized carbons (Fsp3) is 0.688. The van der Waals surface area contributed by atoms with Gasteiger partial charge in [0.15, 0.2) is 53.4 Å². The topological polar surface area (TPSA) is 518 Å². The number of carboxylic acid groups (broad SMARTS) is 1. The Bertz CT molecular complexity index is 3050. The molecule has 1 aromatic heterocycles. The van der Waals surface area contributed by atoms with E-state index in [9.17, 15) is 67.5 Å². The molecule has 39 nitrogen and oxygen atoms in total. The number of benzene rings is 1. The minimum atomic E-state index is -1.84. The van der Waals surface area contributed by atoms with Gasteiger partial charge in [0.25, 0.3) is 0 Å². The summed E-state index contributed by atoms with van der Waals surface area (Å²) in [7, 11) is 2.79. The molecule has 42 heteroatoms. The summed E-state index contributed by atoms with van der Waals surface area (Å²) >= 11 is 0. The van der Waals surface area contributed by atoms with E-state index in [0.29, 0.717) is 83.6 Å². The summed E-state index contributed by atoms with van der Waals surface area (Å²) < 4.78 is 126. The van der Waals surface area contributed by atoms with Gasteiger partial charge < -0.3 is 134 Å². The summed E-state index contributed by atoms with van der Waals surface area (Å²) in [6, 6.07) is -2.38. The zero-order valence-electron chi connectivity index (χ0n) is 59.9. The molecule has 0 saturated heterocycles. The van der Waals surface area contributed by atoms with Gasteiger partial charge in [-0.25, -0.2) is 32.2 Å². The molecule has 106 heavy (non-hydrogen) atoms. The lowest BCUT2D eigenvalue weighted by atomic mass is 9.87. The molecule has 3 amide bonds. The van der Waals surface area contributed by atoms with Crippen molar-refractivity contribution < 1.29 is 139 Å². The number of ether oxygens (including phenoxy) is 15. The summed E-state index contributed by atoms with van der Waals surface area (Å²) in [4.78, 5) is 79.6. The number of carboxylic acids is 1. The molecule has 0 fully saturated rings. The number of likely N-dealkylation sites (N-methyl/N-ethyl adjacent to an activating group) is 2. The first-order valence-electron chi connectivity index (χ1n) is 33.9. The third kappa shape index (κ3) is 34.6. The van der Waals surface area contributed by atoms with Crippen LogP contribution in [0, 0.1) is 34.2 Å². The Labute approximate surface area is 609 Å². The number of nitrogens with two attached hydrogens (primary N) is 2. The van der Waals surface area contributed by atoms with E-state index in [4.69, 9.17) is 88.6 Å². The number of halogens is 3. The molecule has 2 aromatic rings. The molecule has 0 saturated carbocycles. The van der Waals surface area contributed by atoms with Crippen molar-refractivity contribution in [3.8, 4) is 5.75 Å². The average Bonchev–Trinajstić information content (AvgIpc) is 0.883. The van der Waals surface area contributed by atoms with E-state index < -0.39 is 151 Å². The first-order valence-corrected chi connectivity index (χ1v) is 33.9. The molecule has 1 aromatic carbocycles. The number of ketones is 1. The van der Waals surface area contributed by atoms with Crippen LogP contribution in [0.4, 0.5) is 22.8 Å². The molecule has 10 atom stereocenters. The molecule has 4 rings (SSSR count). The largest absolute Gasteiger partial charge is 0.483 e. The molecule has 3 heterocycles. The quantitative estimate of drug-likeness (QED) is 0.0106. The predicted octanol–water partition coefficient (Wildman–Crippen LogP) is -2.68. The molecule has 0 spiro atoms. The van der Waals surface area contributed by atoms with Gasteiger partial charge in [0.2, 0.25) is 17.4 Å². The van der Waals surface area contributed by atoms with Crippen LogP contribution in [0.15, 0.2) is 42.0 Å². The number of rotatable bonds is 55. The van der Waals surface area contributed by atoms with Crippen LogP contribution in [0.25, 0.3) is 0 Å². The third-order valence-electron chi connectivity index (χ3n) is 15.4. The van der Waals surface area contributed by atoms with Crippen LogP contribution in [0.1, 0.15) is 32.9 Å². The van der Waals surface area contributed by atoms with Gasteiger partial charge >= 0.3 is 24.1 Å². The van der Waals surface area contributed by atoms with Crippen molar-refractivity contribution in [3.63, 3.8) is 0 Å². The summed E-state index contributed by atoms with van der Waals surface area (Å²) in [5.41, 5.74) is 11.7. The summed E-state index contributed by atoms with van der Waals surface area (Å²) in [6.07, 6.45) is -7.47. The summed E-state index contributed by atoms with van der Waals surface area (Å²) in [5, 5.41) is 82.7. The second-order valence-electron chi connectivity index (χ2n) is 23.7. The Morgan fingerprint density at radius 3 is 1.50 bits per heavy atom. The highest BCUT2D eigenvalue weighted by molar-refractivity contribution is 5.91. The van der Waals surface area contributed by atoms with Crippen molar-refractivity contribution >= 4 is 47.7 Å². The van der Waals surface area contributed by atoms with E-state index in [-0.39, 0.29) is 118 Å². The molecule has 600 valence electrons. The number of amides is 3. The van der Waals surface area contributed by atoms with Crippen LogP contribution in [0.5, 0.6) is 5.75 Å². The fourth-order valence-corrected chi connectivity index (χ4v) is 9.85. The molecule has 0 aliphatic carbocycles. The van der Waals surface area contributed by atoms with Crippen LogP contribution < -0.4 is 32.2 Å². The Kier molecular flexibility index (Phi) is 42.9. The summed E-state index contributed by atoms with van der Waals surface area (Å²) in [5.74, 6) is -10.8. The first kappa shape index (κ1) is 90.2. The molecular weight excluding hydrogens is 1420 g/mol. The number of hydrogen-bond acceptors (Lipinski definition) is 30.